The fraction of sp³-hybridized carbons (Fsp3) is 0.579. The van der Waals surface area contributed by atoms with Gasteiger partial charge in [0, 0.05) is 12.0 Å². The molecule has 28 heavy (non-hydrogen) atoms. The second kappa shape index (κ2) is 9.91. The Labute approximate surface area is 165 Å². The summed E-state index contributed by atoms with van der Waals surface area (Å²) in [5, 5.41) is 10.2. The van der Waals surface area contributed by atoms with E-state index in [0.29, 0.717) is 11.2 Å². The maximum atomic E-state index is 12.0. The summed E-state index contributed by atoms with van der Waals surface area (Å²) in [6, 6.07) is 5.27. The van der Waals surface area contributed by atoms with E-state index in [2.05, 4.69) is 0 Å². The largest absolute Gasteiger partial charge is 0.495 e. The third kappa shape index (κ3) is 5.46. The van der Waals surface area contributed by atoms with Crippen molar-refractivity contribution in [2.75, 3.05) is 19.8 Å². The van der Waals surface area contributed by atoms with Crippen LogP contribution in [0.5, 0.6) is 5.75 Å². The average Bonchev–Trinajstić information content (AvgIpc) is 2.99. The Bertz CT molecular complexity index is 695. The van der Waals surface area contributed by atoms with Crippen LogP contribution in [-0.2, 0) is 23.7 Å². The lowest BCUT2D eigenvalue weighted by Crippen LogP contribution is -2.35. The van der Waals surface area contributed by atoms with Gasteiger partial charge in [-0.2, -0.15) is 0 Å². The molecule has 8 nitrogen and oxygen atoms in total. The van der Waals surface area contributed by atoms with E-state index in [1.54, 1.807) is 39.8 Å². The number of hydrogen-bond acceptors (Lipinski definition) is 8. The van der Waals surface area contributed by atoms with Gasteiger partial charge in [0.1, 0.15) is 19.0 Å². The fourth-order valence-electron chi connectivity index (χ4n) is 2.65. The first-order chi connectivity index (χ1) is 13.2. The maximum Gasteiger partial charge on any atom is 0.495 e. The highest BCUT2D eigenvalue weighted by Gasteiger charge is 2.37. The summed E-state index contributed by atoms with van der Waals surface area (Å²) in [7, 11) is -1.14. The van der Waals surface area contributed by atoms with Crippen molar-refractivity contribution in [3.8, 4) is 5.75 Å². The van der Waals surface area contributed by atoms with E-state index in [1.807, 2.05) is 6.07 Å². The monoisotopic (exact) mass is 393 g/mol. The number of benzene rings is 1. The smallest absolute Gasteiger partial charge is 0.490 e. The van der Waals surface area contributed by atoms with Crippen molar-refractivity contribution in [2.24, 2.45) is 17.6 Å². The Morgan fingerprint density at radius 3 is 2.46 bits per heavy atom. The number of ether oxygens (including phenoxy) is 3. The Morgan fingerprint density at radius 2 is 1.86 bits per heavy atom. The SMILES string of the molecule is CC(C)C(=O)OC[C@H](COc1cccc2c1B(O)O[C@@H]2CN)OC(=O)C(C)C. The van der Waals surface area contributed by atoms with Crippen molar-refractivity contribution >= 4 is 24.5 Å². The van der Waals surface area contributed by atoms with E-state index >= 15 is 0 Å². The van der Waals surface area contributed by atoms with E-state index in [1.165, 1.54) is 0 Å². The zero-order valence-electron chi connectivity index (χ0n) is 16.7. The topological polar surface area (TPSA) is 117 Å². The standard InChI is InChI=1S/C19H28BNO7/c1-11(2)18(22)26-10-13(27-19(23)12(3)4)9-25-15-7-5-6-14-16(8-21)28-20(24)17(14)15/h5-7,11-13,16,24H,8-10,21H2,1-4H3/t13-,16+/m0/s1. The molecule has 1 heterocycles. The van der Waals surface area contributed by atoms with Gasteiger partial charge in [-0.1, -0.05) is 39.8 Å². The summed E-state index contributed by atoms with van der Waals surface area (Å²) < 4.78 is 21.8. The highest BCUT2D eigenvalue weighted by molar-refractivity contribution is 6.62. The van der Waals surface area contributed by atoms with Crippen LogP contribution in [0.1, 0.15) is 39.4 Å². The van der Waals surface area contributed by atoms with E-state index in [0.717, 1.165) is 5.56 Å². The quantitative estimate of drug-likeness (QED) is 0.462. The van der Waals surface area contributed by atoms with Gasteiger partial charge in [0.05, 0.1) is 17.9 Å². The highest BCUT2D eigenvalue weighted by Crippen LogP contribution is 2.27. The Kier molecular flexibility index (Phi) is 7.85. The summed E-state index contributed by atoms with van der Waals surface area (Å²) in [5.41, 5.74) is 6.94. The van der Waals surface area contributed by atoms with Gasteiger partial charge < -0.3 is 29.6 Å². The molecule has 0 saturated heterocycles. The van der Waals surface area contributed by atoms with Crippen LogP contribution in [0.4, 0.5) is 0 Å². The fourth-order valence-corrected chi connectivity index (χ4v) is 2.65. The second-order valence-electron chi connectivity index (χ2n) is 7.28. The van der Waals surface area contributed by atoms with Crippen molar-refractivity contribution in [3.63, 3.8) is 0 Å². The molecule has 1 aromatic rings. The third-order valence-corrected chi connectivity index (χ3v) is 4.26. The van der Waals surface area contributed by atoms with Crippen LogP contribution in [-0.4, -0.2) is 49.9 Å². The van der Waals surface area contributed by atoms with Gasteiger partial charge >= 0.3 is 19.1 Å². The molecule has 0 radical (unpaired) electrons. The summed E-state index contributed by atoms with van der Waals surface area (Å²) in [5.74, 6) is -1.02. The molecule has 1 aromatic carbocycles. The zero-order chi connectivity index (χ0) is 20.8. The number of carbonyl (C=O) groups excluding carboxylic acids is 2. The number of rotatable bonds is 9. The molecule has 0 aliphatic carbocycles. The Morgan fingerprint density at radius 1 is 1.18 bits per heavy atom. The predicted octanol–water partition coefficient (Wildman–Crippen LogP) is 0.550. The van der Waals surface area contributed by atoms with E-state index in [4.69, 9.17) is 24.6 Å². The lowest BCUT2D eigenvalue weighted by molar-refractivity contribution is -0.164. The van der Waals surface area contributed by atoms with Gasteiger partial charge in [-0.15, -0.1) is 0 Å². The minimum Gasteiger partial charge on any atom is -0.490 e. The Hall–Kier alpha value is -2.10. The number of fused-ring (bicyclic) bond motifs is 1. The molecule has 0 aromatic heterocycles. The minimum atomic E-state index is -1.14. The van der Waals surface area contributed by atoms with Gasteiger partial charge in [-0.05, 0) is 11.6 Å². The van der Waals surface area contributed by atoms with Gasteiger partial charge in [-0.25, -0.2) is 0 Å². The second-order valence-corrected chi connectivity index (χ2v) is 7.28. The summed E-state index contributed by atoms with van der Waals surface area (Å²) in [4.78, 5) is 23.7. The molecular formula is C19H28BNO7. The molecule has 2 atom stereocenters. The first kappa shape index (κ1) is 22.2. The third-order valence-electron chi connectivity index (χ3n) is 4.26. The number of carbonyl (C=O) groups is 2. The summed E-state index contributed by atoms with van der Waals surface area (Å²) in [6.07, 6.45) is -1.19. The molecule has 9 heteroatoms. The molecule has 0 unspecified atom stereocenters. The molecule has 2 rings (SSSR count). The van der Waals surface area contributed by atoms with Crippen LogP contribution in [0.2, 0.25) is 0 Å². The zero-order valence-corrected chi connectivity index (χ0v) is 16.7. The van der Waals surface area contributed by atoms with Gasteiger partial charge in [0.15, 0.2) is 6.10 Å². The number of esters is 2. The first-order valence-corrected chi connectivity index (χ1v) is 9.40. The van der Waals surface area contributed by atoms with Crippen molar-refractivity contribution in [3.05, 3.63) is 23.8 Å². The molecule has 1 aliphatic rings. The Balaban J connectivity index is 2.09. The summed E-state index contributed by atoms with van der Waals surface area (Å²) >= 11 is 0. The van der Waals surface area contributed by atoms with Crippen LogP contribution in [0.25, 0.3) is 0 Å². The van der Waals surface area contributed by atoms with E-state index < -0.39 is 25.3 Å². The lowest BCUT2D eigenvalue weighted by atomic mass is 9.78. The molecule has 3 N–H and O–H groups in total. The van der Waals surface area contributed by atoms with Crippen LogP contribution >= 0.6 is 0 Å². The normalized spacial score (nSPS) is 16.9. The molecule has 0 bridgehead atoms. The van der Waals surface area contributed by atoms with Gasteiger partial charge in [0.25, 0.3) is 0 Å². The lowest BCUT2D eigenvalue weighted by Gasteiger charge is -2.21. The maximum absolute atomic E-state index is 12.0. The van der Waals surface area contributed by atoms with Crippen LogP contribution in [0.15, 0.2) is 18.2 Å². The van der Waals surface area contributed by atoms with Crippen molar-refractivity contribution in [1.29, 1.82) is 0 Å². The molecule has 1 aliphatic heterocycles. The molecule has 154 valence electrons. The molecule has 0 amide bonds. The van der Waals surface area contributed by atoms with Crippen LogP contribution < -0.4 is 15.9 Å². The van der Waals surface area contributed by atoms with Crippen LogP contribution in [0.3, 0.4) is 0 Å². The first-order valence-electron chi connectivity index (χ1n) is 9.40. The molecular weight excluding hydrogens is 365 g/mol. The summed E-state index contributed by atoms with van der Waals surface area (Å²) in [6.45, 7) is 6.94. The van der Waals surface area contributed by atoms with Gasteiger partial charge in [0.2, 0.25) is 0 Å². The van der Waals surface area contributed by atoms with E-state index in [-0.39, 0.29) is 37.6 Å². The molecule has 0 saturated carbocycles. The molecule has 0 spiro atoms. The minimum absolute atomic E-state index is 0.0414. The predicted molar refractivity (Wildman–Crippen MR) is 103 cm³/mol. The number of nitrogens with two attached hydrogens (primary N) is 1. The van der Waals surface area contributed by atoms with Crippen molar-refractivity contribution in [1.82, 2.24) is 0 Å². The van der Waals surface area contributed by atoms with Crippen molar-refractivity contribution in [2.45, 2.75) is 39.9 Å². The van der Waals surface area contributed by atoms with Crippen molar-refractivity contribution < 1.29 is 33.5 Å². The van der Waals surface area contributed by atoms with Crippen LogP contribution in [0, 0.1) is 11.8 Å². The number of hydrogen-bond donors (Lipinski definition) is 2. The van der Waals surface area contributed by atoms with E-state index in [9.17, 15) is 14.6 Å². The van der Waals surface area contributed by atoms with Gasteiger partial charge in [-0.3, -0.25) is 9.59 Å². The molecule has 0 fully saturated rings. The average molecular weight is 393 g/mol. The highest BCUT2D eigenvalue weighted by atomic mass is 16.6.